The van der Waals surface area contributed by atoms with Crippen molar-refractivity contribution >= 4 is 17.7 Å². The summed E-state index contributed by atoms with van der Waals surface area (Å²) < 4.78 is 0. The van der Waals surface area contributed by atoms with E-state index in [2.05, 4.69) is 43.3 Å². The lowest BCUT2D eigenvalue weighted by Crippen LogP contribution is -2.32. The van der Waals surface area contributed by atoms with Crippen LogP contribution in [0, 0.1) is 0 Å². The van der Waals surface area contributed by atoms with Crippen molar-refractivity contribution in [1.82, 2.24) is 4.90 Å². The molecule has 3 heteroatoms. The Morgan fingerprint density at radius 2 is 1.83 bits per heavy atom. The Labute approximate surface area is 141 Å². The summed E-state index contributed by atoms with van der Waals surface area (Å²) in [5.41, 5.74) is 3.84. The third-order valence-electron chi connectivity index (χ3n) is 4.76. The molecule has 0 aromatic heterocycles. The number of benzene rings is 2. The van der Waals surface area contributed by atoms with E-state index >= 15 is 0 Å². The standard InChI is InChI=1S/C20H19NOS/c1-14(15-7-3-2-4-8-15)21-19(22)13-18-20(21)17-10-6-5-9-16(17)11-12-23-18/h2-10,13-14,20H,11-12H2,1H3/t14-,20?/m0/s1. The number of nitrogens with zero attached hydrogens (tertiary/aromatic N) is 1. The monoisotopic (exact) mass is 321 g/mol. The first-order valence-electron chi connectivity index (χ1n) is 8.05. The van der Waals surface area contributed by atoms with E-state index in [-0.39, 0.29) is 18.0 Å². The van der Waals surface area contributed by atoms with Crippen LogP contribution in [0.1, 0.15) is 35.7 Å². The topological polar surface area (TPSA) is 20.3 Å². The number of carbonyl (C=O) groups excluding carboxylic acids is 1. The van der Waals surface area contributed by atoms with Gasteiger partial charge in [-0.15, -0.1) is 11.8 Å². The fourth-order valence-electron chi connectivity index (χ4n) is 3.58. The van der Waals surface area contributed by atoms with Crippen LogP contribution in [0.3, 0.4) is 0 Å². The molecule has 2 heterocycles. The van der Waals surface area contributed by atoms with Crippen LogP contribution >= 0.6 is 11.8 Å². The summed E-state index contributed by atoms with van der Waals surface area (Å²) in [6, 6.07) is 19.0. The van der Waals surface area contributed by atoms with Gasteiger partial charge in [-0.2, -0.15) is 0 Å². The maximum atomic E-state index is 12.7. The molecule has 2 aromatic rings. The first kappa shape index (κ1) is 14.6. The van der Waals surface area contributed by atoms with Gasteiger partial charge in [-0.25, -0.2) is 0 Å². The summed E-state index contributed by atoms with van der Waals surface area (Å²) in [5.74, 6) is 1.17. The van der Waals surface area contributed by atoms with Crippen LogP contribution in [0.2, 0.25) is 0 Å². The van der Waals surface area contributed by atoms with E-state index in [1.54, 1.807) is 0 Å². The first-order valence-corrected chi connectivity index (χ1v) is 9.03. The molecule has 0 N–H and O–H groups in total. The van der Waals surface area contributed by atoms with Crippen LogP contribution in [-0.2, 0) is 11.2 Å². The van der Waals surface area contributed by atoms with Crippen LogP contribution in [0.25, 0.3) is 0 Å². The highest BCUT2D eigenvalue weighted by molar-refractivity contribution is 8.03. The van der Waals surface area contributed by atoms with Gasteiger partial charge in [-0.3, -0.25) is 4.79 Å². The molecule has 2 atom stereocenters. The van der Waals surface area contributed by atoms with E-state index in [0.717, 1.165) is 12.2 Å². The second-order valence-electron chi connectivity index (χ2n) is 6.08. The van der Waals surface area contributed by atoms with Crippen molar-refractivity contribution in [2.75, 3.05) is 5.75 Å². The predicted octanol–water partition coefficient (Wildman–Crippen LogP) is 4.50. The molecule has 0 fully saturated rings. The van der Waals surface area contributed by atoms with E-state index in [1.807, 2.05) is 40.9 Å². The van der Waals surface area contributed by atoms with Gasteiger partial charge < -0.3 is 4.90 Å². The van der Waals surface area contributed by atoms with Crippen molar-refractivity contribution in [3.05, 3.63) is 82.3 Å². The molecular weight excluding hydrogens is 302 g/mol. The third-order valence-corrected chi connectivity index (χ3v) is 5.84. The number of rotatable bonds is 2. The number of fused-ring (bicyclic) bond motifs is 3. The summed E-state index contributed by atoms with van der Waals surface area (Å²) in [5, 5.41) is 0. The number of carbonyl (C=O) groups is 1. The van der Waals surface area contributed by atoms with Crippen molar-refractivity contribution < 1.29 is 4.79 Å². The lowest BCUT2D eigenvalue weighted by atomic mass is 9.96. The highest BCUT2D eigenvalue weighted by Gasteiger charge is 2.39. The molecule has 23 heavy (non-hydrogen) atoms. The summed E-state index contributed by atoms with van der Waals surface area (Å²) in [6.07, 6.45) is 2.91. The summed E-state index contributed by atoms with van der Waals surface area (Å²) in [6.45, 7) is 2.13. The van der Waals surface area contributed by atoms with Crippen LogP contribution < -0.4 is 0 Å². The molecule has 0 spiro atoms. The van der Waals surface area contributed by atoms with Gasteiger partial charge in [-0.1, -0.05) is 54.6 Å². The molecule has 1 amide bonds. The lowest BCUT2D eigenvalue weighted by molar-refractivity contribution is -0.128. The van der Waals surface area contributed by atoms with Gasteiger partial charge in [0, 0.05) is 16.7 Å². The molecule has 2 nitrogen and oxygen atoms in total. The molecule has 0 aliphatic carbocycles. The SMILES string of the molecule is C[C@@H](c1ccccc1)N1C(=O)C=C2SCCc3ccccc3C21. The van der Waals surface area contributed by atoms with Gasteiger partial charge in [0.2, 0.25) is 5.91 Å². The Balaban J connectivity index is 1.78. The molecule has 4 rings (SSSR count). The molecule has 2 aliphatic heterocycles. The van der Waals surface area contributed by atoms with Gasteiger partial charge >= 0.3 is 0 Å². The number of aryl methyl sites for hydroxylation is 1. The zero-order valence-corrected chi connectivity index (χ0v) is 13.9. The Morgan fingerprint density at radius 1 is 1.09 bits per heavy atom. The Bertz CT molecular complexity index is 768. The molecule has 2 aliphatic rings. The van der Waals surface area contributed by atoms with Gasteiger partial charge in [0.15, 0.2) is 0 Å². The normalized spacial score (nSPS) is 21.3. The van der Waals surface area contributed by atoms with E-state index < -0.39 is 0 Å². The van der Waals surface area contributed by atoms with Gasteiger partial charge in [-0.05, 0) is 30.0 Å². The number of hydrogen-bond donors (Lipinski definition) is 0. The van der Waals surface area contributed by atoms with Crippen LogP contribution in [-0.4, -0.2) is 16.6 Å². The molecular formula is C20H19NOS. The van der Waals surface area contributed by atoms with Crippen molar-refractivity contribution in [2.45, 2.75) is 25.4 Å². The Hall–Kier alpha value is -2.00. The summed E-state index contributed by atoms with van der Waals surface area (Å²) >= 11 is 1.83. The van der Waals surface area contributed by atoms with Crippen molar-refractivity contribution in [2.24, 2.45) is 0 Å². The molecule has 2 aromatic carbocycles. The van der Waals surface area contributed by atoms with Gasteiger partial charge in [0.25, 0.3) is 0 Å². The highest BCUT2D eigenvalue weighted by Crippen LogP contribution is 2.47. The minimum Gasteiger partial charge on any atom is -0.321 e. The zero-order valence-electron chi connectivity index (χ0n) is 13.1. The van der Waals surface area contributed by atoms with Gasteiger partial charge in [0.1, 0.15) is 0 Å². The third kappa shape index (κ3) is 2.49. The molecule has 0 saturated carbocycles. The maximum absolute atomic E-state index is 12.7. The predicted molar refractivity (Wildman–Crippen MR) is 95.1 cm³/mol. The summed E-state index contributed by atoms with van der Waals surface area (Å²) in [4.78, 5) is 16.0. The lowest BCUT2D eigenvalue weighted by Gasteiger charge is -2.33. The minimum atomic E-state index is 0.0641. The van der Waals surface area contributed by atoms with Crippen LogP contribution in [0.15, 0.2) is 65.6 Å². The molecule has 116 valence electrons. The minimum absolute atomic E-state index is 0.0641. The van der Waals surface area contributed by atoms with Crippen molar-refractivity contribution in [3.63, 3.8) is 0 Å². The largest absolute Gasteiger partial charge is 0.321 e. The quantitative estimate of drug-likeness (QED) is 0.811. The second kappa shape index (κ2) is 5.89. The maximum Gasteiger partial charge on any atom is 0.248 e. The Kier molecular flexibility index (Phi) is 3.74. The molecule has 0 bridgehead atoms. The molecule has 1 unspecified atom stereocenters. The highest BCUT2D eigenvalue weighted by atomic mass is 32.2. The van der Waals surface area contributed by atoms with Crippen LogP contribution in [0.4, 0.5) is 0 Å². The van der Waals surface area contributed by atoms with E-state index in [1.165, 1.54) is 21.6 Å². The number of hydrogen-bond acceptors (Lipinski definition) is 2. The zero-order chi connectivity index (χ0) is 15.8. The fraction of sp³-hybridized carbons (Fsp3) is 0.250. The number of thioether (sulfide) groups is 1. The Morgan fingerprint density at radius 3 is 2.65 bits per heavy atom. The molecule has 0 saturated heterocycles. The van der Waals surface area contributed by atoms with Crippen molar-refractivity contribution in [3.8, 4) is 0 Å². The number of amides is 1. The van der Waals surface area contributed by atoms with E-state index in [9.17, 15) is 4.79 Å². The van der Waals surface area contributed by atoms with Crippen LogP contribution in [0.5, 0.6) is 0 Å². The smallest absolute Gasteiger partial charge is 0.248 e. The van der Waals surface area contributed by atoms with E-state index in [0.29, 0.717) is 0 Å². The fourth-order valence-corrected chi connectivity index (χ4v) is 4.72. The molecule has 0 radical (unpaired) electrons. The van der Waals surface area contributed by atoms with E-state index in [4.69, 9.17) is 0 Å². The first-order chi connectivity index (χ1) is 11.3. The average Bonchev–Trinajstić information content (AvgIpc) is 2.81. The average molecular weight is 321 g/mol. The van der Waals surface area contributed by atoms with Gasteiger partial charge in [0.05, 0.1) is 12.1 Å². The summed E-state index contributed by atoms with van der Waals surface area (Å²) in [7, 11) is 0. The van der Waals surface area contributed by atoms with Crippen molar-refractivity contribution in [1.29, 1.82) is 0 Å². The second-order valence-corrected chi connectivity index (χ2v) is 7.25.